The van der Waals surface area contributed by atoms with Crippen LogP contribution in [-0.2, 0) is 6.42 Å². The number of aryl methyl sites for hydroxylation is 1. The second-order valence-corrected chi connectivity index (χ2v) is 9.82. The molecule has 0 bridgehead atoms. The van der Waals surface area contributed by atoms with Gasteiger partial charge in [0.2, 0.25) is 0 Å². The van der Waals surface area contributed by atoms with Gasteiger partial charge in [-0.15, -0.1) is 0 Å². The molecule has 8 nitrogen and oxygen atoms in total. The lowest BCUT2D eigenvalue weighted by atomic mass is 10.2. The number of amides is 2. The molecule has 0 spiro atoms. The molecular formula is C24H20BrClN4O4S. The van der Waals surface area contributed by atoms with E-state index in [1.54, 1.807) is 36.4 Å². The van der Waals surface area contributed by atoms with Gasteiger partial charge in [0.1, 0.15) is 16.3 Å². The molecule has 2 heterocycles. The van der Waals surface area contributed by atoms with Crippen molar-refractivity contribution in [1.29, 1.82) is 0 Å². The van der Waals surface area contributed by atoms with Gasteiger partial charge in [0.15, 0.2) is 4.96 Å². The Labute approximate surface area is 218 Å². The average molecular weight is 576 g/mol. The molecule has 0 saturated carbocycles. The van der Waals surface area contributed by atoms with E-state index in [1.165, 1.54) is 23.6 Å². The summed E-state index contributed by atoms with van der Waals surface area (Å²) < 4.78 is 7.32. The Hall–Kier alpha value is -3.21. The van der Waals surface area contributed by atoms with Crippen LogP contribution >= 0.6 is 38.9 Å². The van der Waals surface area contributed by atoms with E-state index < -0.39 is 17.4 Å². The minimum absolute atomic E-state index is 0.0277. The summed E-state index contributed by atoms with van der Waals surface area (Å²) in [5.41, 5.74) is 0.891. The molecule has 0 fully saturated rings. The van der Waals surface area contributed by atoms with Crippen LogP contribution < -0.4 is 20.9 Å². The van der Waals surface area contributed by atoms with Gasteiger partial charge in [-0.25, -0.2) is 9.38 Å². The minimum Gasteiger partial charge on any atom is -0.495 e. The first-order chi connectivity index (χ1) is 16.8. The maximum atomic E-state index is 13.4. The van der Waals surface area contributed by atoms with Crippen molar-refractivity contribution in [2.45, 2.75) is 19.8 Å². The number of nitrogens with one attached hydrogen (secondary N) is 2. The third-order valence-electron chi connectivity index (χ3n) is 5.01. The lowest BCUT2D eigenvalue weighted by Crippen LogP contribution is -2.25. The molecule has 2 aromatic heterocycles. The van der Waals surface area contributed by atoms with Crippen molar-refractivity contribution in [3.05, 3.63) is 84.6 Å². The van der Waals surface area contributed by atoms with Gasteiger partial charge in [-0.3, -0.25) is 14.4 Å². The summed E-state index contributed by atoms with van der Waals surface area (Å²) in [6.07, 6.45) is 1.40. The summed E-state index contributed by atoms with van der Waals surface area (Å²) in [4.78, 5) is 44.5. The number of benzene rings is 2. The van der Waals surface area contributed by atoms with Gasteiger partial charge in [-0.2, -0.15) is 0 Å². The molecule has 2 N–H and O–H groups in total. The molecule has 11 heteroatoms. The van der Waals surface area contributed by atoms with Gasteiger partial charge in [0.05, 0.1) is 12.8 Å². The van der Waals surface area contributed by atoms with Gasteiger partial charge in [0, 0.05) is 26.9 Å². The number of methoxy groups -OCH3 is 1. The number of aromatic nitrogens is 2. The van der Waals surface area contributed by atoms with Crippen LogP contribution in [0.4, 0.5) is 11.4 Å². The fourth-order valence-electron chi connectivity index (χ4n) is 3.45. The van der Waals surface area contributed by atoms with Gasteiger partial charge in [0.25, 0.3) is 17.4 Å². The van der Waals surface area contributed by atoms with E-state index in [1.807, 2.05) is 6.92 Å². The lowest BCUT2D eigenvalue weighted by molar-refractivity contribution is 0.0989. The number of anilines is 2. The van der Waals surface area contributed by atoms with Crippen molar-refractivity contribution in [2.24, 2.45) is 0 Å². The quantitative estimate of drug-likeness (QED) is 0.297. The molecule has 0 atom stereocenters. The van der Waals surface area contributed by atoms with Crippen molar-refractivity contribution < 1.29 is 14.3 Å². The van der Waals surface area contributed by atoms with E-state index >= 15 is 0 Å². The Morgan fingerprint density at radius 1 is 1.11 bits per heavy atom. The highest BCUT2D eigenvalue weighted by atomic mass is 79.9. The second-order valence-electron chi connectivity index (χ2n) is 7.49. The molecule has 0 aliphatic heterocycles. The molecule has 4 rings (SSSR count). The predicted molar refractivity (Wildman–Crippen MR) is 141 cm³/mol. The third kappa shape index (κ3) is 5.39. The van der Waals surface area contributed by atoms with Crippen LogP contribution in [0.25, 0.3) is 4.96 Å². The fraction of sp³-hybridized carbons (Fsp3) is 0.167. The number of carbonyl (C=O) groups excluding carboxylic acids is 2. The van der Waals surface area contributed by atoms with Crippen LogP contribution in [0, 0.1) is 0 Å². The maximum Gasteiger partial charge on any atom is 0.274 e. The summed E-state index contributed by atoms with van der Waals surface area (Å²) in [7, 11) is 1.47. The number of fused-ring (bicyclic) bond motifs is 1. The molecule has 2 aromatic carbocycles. The highest BCUT2D eigenvalue weighted by Gasteiger charge is 2.27. The van der Waals surface area contributed by atoms with Crippen molar-refractivity contribution in [3.8, 4) is 5.75 Å². The Morgan fingerprint density at radius 3 is 2.54 bits per heavy atom. The van der Waals surface area contributed by atoms with Crippen LogP contribution in [0.3, 0.4) is 0 Å². The molecule has 4 aromatic rings. The summed E-state index contributed by atoms with van der Waals surface area (Å²) in [6, 6.07) is 13.1. The highest BCUT2D eigenvalue weighted by molar-refractivity contribution is 9.10. The molecule has 0 aliphatic carbocycles. The number of halogens is 2. The normalized spacial score (nSPS) is 10.9. The Balaban J connectivity index is 1.82. The topological polar surface area (TPSA) is 102 Å². The predicted octanol–water partition coefficient (Wildman–Crippen LogP) is 5.64. The highest BCUT2D eigenvalue weighted by Crippen LogP contribution is 2.30. The van der Waals surface area contributed by atoms with E-state index in [-0.39, 0.29) is 15.5 Å². The number of thiazole rings is 1. The number of ether oxygens (including phenoxy) is 1. The first kappa shape index (κ1) is 24.9. The summed E-state index contributed by atoms with van der Waals surface area (Å²) in [6.45, 7) is 1.98. The third-order valence-corrected chi connectivity index (χ3v) is 6.82. The molecule has 0 aliphatic rings. The fourth-order valence-corrected chi connectivity index (χ4v) is 4.92. The number of hydrogen-bond donors (Lipinski definition) is 2. The van der Waals surface area contributed by atoms with Crippen LogP contribution in [0.2, 0.25) is 5.02 Å². The molecule has 35 heavy (non-hydrogen) atoms. The standard InChI is InChI=1S/C24H20BrClN4O4S/c1-3-4-16-12-19(31)30-20(22(32)27-15-8-5-13(25)6-9-15)21(35-24(30)28-16)23(33)29-17-11-14(26)7-10-18(17)34-2/h5-12H,3-4H2,1-2H3,(H,27,32)(H,29,33). The number of carbonyl (C=O) groups is 2. The van der Waals surface area contributed by atoms with Gasteiger partial charge < -0.3 is 15.4 Å². The zero-order valence-electron chi connectivity index (χ0n) is 18.7. The lowest BCUT2D eigenvalue weighted by Gasteiger charge is -2.11. The summed E-state index contributed by atoms with van der Waals surface area (Å²) in [5.74, 6) is -0.822. The number of hydrogen-bond acceptors (Lipinski definition) is 6. The first-order valence-electron chi connectivity index (χ1n) is 10.6. The molecule has 180 valence electrons. The molecule has 0 unspecified atom stereocenters. The average Bonchev–Trinajstić information content (AvgIpc) is 3.21. The van der Waals surface area contributed by atoms with Crippen LogP contribution in [0.1, 0.15) is 39.2 Å². The minimum atomic E-state index is -0.617. The van der Waals surface area contributed by atoms with Crippen LogP contribution in [-0.4, -0.2) is 28.3 Å². The molecule has 0 radical (unpaired) electrons. The number of nitrogens with zero attached hydrogens (tertiary/aromatic N) is 2. The monoisotopic (exact) mass is 574 g/mol. The maximum absolute atomic E-state index is 13.4. The van der Waals surface area contributed by atoms with Gasteiger partial charge in [-0.05, 0) is 48.9 Å². The molecule has 0 saturated heterocycles. The SMILES string of the molecule is CCCc1cc(=O)n2c(C(=O)Nc3ccc(Br)cc3)c(C(=O)Nc3cc(Cl)ccc3OC)sc2n1. The van der Waals surface area contributed by atoms with Crippen molar-refractivity contribution in [3.63, 3.8) is 0 Å². The van der Waals surface area contributed by atoms with E-state index in [2.05, 4.69) is 31.5 Å². The molecule has 2 amide bonds. The van der Waals surface area contributed by atoms with Crippen molar-refractivity contribution >= 4 is 67.0 Å². The zero-order chi connectivity index (χ0) is 25.1. The van der Waals surface area contributed by atoms with Crippen molar-refractivity contribution in [1.82, 2.24) is 9.38 Å². The van der Waals surface area contributed by atoms with Gasteiger partial charge in [-0.1, -0.05) is 52.2 Å². The van der Waals surface area contributed by atoms with Crippen LogP contribution in [0.5, 0.6) is 5.75 Å². The van der Waals surface area contributed by atoms with Crippen LogP contribution in [0.15, 0.2) is 57.8 Å². The number of rotatable bonds is 7. The van der Waals surface area contributed by atoms with Gasteiger partial charge >= 0.3 is 0 Å². The largest absolute Gasteiger partial charge is 0.495 e. The first-order valence-corrected chi connectivity index (χ1v) is 12.6. The Bertz CT molecular complexity index is 1480. The van der Waals surface area contributed by atoms with Crippen molar-refractivity contribution in [2.75, 3.05) is 17.7 Å². The van der Waals surface area contributed by atoms with E-state index in [0.29, 0.717) is 34.3 Å². The van der Waals surface area contributed by atoms with E-state index in [4.69, 9.17) is 16.3 Å². The van der Waals surface area contributed by atoms with E-state index in [0.717, 1.165) is 22.2 Å². The Kier molecular flexibility index (Phi) is 7.54. The zero-order valence-corrected chi connectivity index (χ0v) is 21.9. The Morgan fingerprint density at radius 2 is 1.86 bits per heavy atom. The van der Waals surface area contributed by atoms with E-state index in [9.17, 15) is 14.4 Å². The summed E-state index contributed by atoms with van der Waals surface area (Å²) >= 11 is 10.4. The second kappa shape index (κ2) is 10.6. The smallest absolute Gasteiger partial charge is 0.274 e. The molecular weight excluding hydrogens is 556 g/mol. The summed E-state index contributed by atoms with van der Waals surface area (Å²) in [5, 5.41) is 5.89.